The smallest absolute Gasteiger partial charge is 0.295 e. The van der Waals surface area contributed by atoms with Crippen LogP contribution in [0.2, 0.25) is 0 Å². The summed E-state index contributed by atoms with van der Waals surface area (Å²) >= 11 is 0. The minimum absolute atomic E-state index is 0.0482. The Labute approximate surface area is 250 Å². The molecule has 1 N–H and O–H groups in total. The van der Waals surface area contributed by atoms with Crippen LogP contribution in [0.5, 0.6) is 17.2 Å². The van der Waals surface area contributed by atoms with Crippen molar-refractivity contribution in [1.82, 2.24) is 9.80 Å². The molecule has 8 heteroatoms. The van der Waals surface area contributed by atoms with Gasteiger partial charge in [-0.3, -0.25) is 9.59 Å². The lowest BCUT2D eigenvalue weighted by Gasteiger charge is -2.27. The van der Waals surface area contributed by atoms with Gasteiger partial charge in [0.25, 0.3) is 11.7 Å². The molecule has 1 amide bonds. The molecule has 2 aromatic rings. The fraction of sp³-hybridized carbons (Fsp3) is 0.529. The number of nitrogens with zero attached hydrogens (tertiary/aromatic N) is 2. The van der Waals surface area contributed by atoms with Gasteiger partial charge in [-0.1, -0.05) is 33.8 Å². The Hall–Kier alpha value is -3.52. The summed E-state index contributed by atoms with van der Waals surface area (Å²) in [5.41, 5.74) is 2.25. The van der Waals surface area contributed by atoms with E-state index in [1.54, 1.807) is 11.0 Å². The fourth-order valence-corrected chi connectivity index (χ4v) is 5.67. The van der Waals surface area contributed by atoms with Gasteiger partial charge < -0.3 is 29.1 Å². The lowest BCUT2D eigenvalue weighted by atomic mass is 9.94. The number of benzene rings is 2. The van der Waals surface area contributed by atoms with Crippen LogP contribution in [0.3, 0.4) is 0 Å². The van der Waals surface area contributed by atoms with Gasteiger partial charge in [0.1, 0.15) is 17.6 Å². The summed E-state index contributed by atoms with van der Waals surface area (Å²) in [6.45, 7) is 16.4. The van der Waals surface area contributed by atoms with Crippen LogP contribution in [0.25, 0.3) is 5.76 Å². The van der Waals surface area contributed by atoms with E-state index in [-0.39, 0.29) is 17.4 Å². The Morgan fingerprint density at radius 1 is 1.07 bits per heavy atom. The molecule has 0 radical (unpaired) electrons. The molecule has 0 unspecified atom stereocenters. The molecule has 0 saturated carbocycles. The molecule has 42 heavy (non-hydrogen) atoms. The first-order valence-electron chi connectivity index (χ1n) is 15.4. The maximum Gasteiger partial charge on any atom is 0.295 e. The van der Waals surface area contributed by atoms with Crippen LogP contribution in [0, 0.1) is 5.92 Å². The largest absolute Gasteiger partial charge is 0.507 e. The maximum atomic E-state index is 13.6. The molecule has 2 aromatic carbocycles. The van der Waals surface area contributed by atoms with Crippen molar-refractivity contribution in [1.29, 1.82) is 0 Å². The third-order valence-electron chi connectivity index (χ3n) is 8.01. The standard InChI is InChI=1S/C34H46N2O6/c1-7-35(8-2)16-10-17-36-31(24-11-14-28(29(21-24)40-9-3)41-18-15-22(4)5)30(33(38)34(36)39)32(37)25-12-13-27-26(20-25)19-23(6)42-27/h11-14,20-23,31,37H,7-10,15-19H2,1-6H3/b32-30+/t23-,31+/m1/s1. The summed E-state index contributed by atoms with van der Waals surface area (Å²) in [6.07, 6.45) is 2.38. The lowest BCUT2D eigenvalue weighted by Crippen LogP contribution is -2.33. The quantitative estimate of drug-likeness (QED) is 0.167. The van der Waals surface area contributed by atoms with Gasteiger partial charge in [-0.15, -0.1) is 0 Å². The summed E-state index contributed by atoms with van der Waals surface area (Å²) in [6, 6.07) is 10.2. The number of amides is 1. The lowest BCUT2D eigenvalue weighted by molar-refractivity contribution is -0.140. The molecule has 2 aliphatic heterocycles. The van der Waals surface area contributed by atoms with Gasteiger partial charge >= 0.3 is 0 Å². The van der Waals surface area contributed by atoms with Gasteiger partial charge in [0.05, 0.1) is 24.8 Å². The zero-order valence-electron chi connectivity index (χ0n) is 25.9. The predicted molar refractivity (Wildman–Crippen MR) is 164 cm³/mol. The summed E-state index contributed by atoms with van der Waals surface area (Å²) < 4.78 is 17.8. The van der Waals surface area contributed by atoms with E-state index >= 15 is 0 Å². The van der Waals surface area contributed by atoms with E-state index < -0.39 is 17.7 Å². The molecular formula is C34H46N2O6. The second-order valence-electron chi connectivity index (χ2n) is 11.5. The van der Waals surface area contributed by atoms with Gasteiger partial charge in [-0.2, -0.15) is 0 Å². The molecule has 0 aromatic heterocycles. The summed E-state index contributed by atoms with van der Waals surface area (Å²) in [4.78, 5) is 31.0. The number of aliphatic hydroxyl groups is 1. The maximum absolute atomic E-state index is 13.6. The van der Waals surface area contributed by atoms with Gasteiger partial charge in [0.15, 0.2) is 11.5 Å². The zero-order chi connectivity index (χ0) is 30.4. The van der Waals surface area contributed by atoms with E-state index in [4.69, 9.17) is 14.2 Å². The van der Waals surface area contributed by atoms with Crippen LogP contribution in [0.15, 0.2) is 42.0 Å². The monoisotopic (exact) mass is 578 g/mol. The van der Waals surface area contributed by atoms with Gasteiger partial charge in [0.2, 0.25) is 0 Å². The highest BCUT2D eigenvalue weighted by molar-refractivity contribution is 6.46. The Kier molecular flexibility index (Phi) is 10.5. The van der Waals surface area contributed by atoms with Crippen molar-refractivity contribution in [3.8, 4) is 17.2 Å². The van der Waals surface area contributed by atoms with Gasteiger partial charge in [-0.05, 0) is 93.7 Å². The molecule has 0 aliphatic carbocycles. The number of hydrogen-bond acceptors (Lipinski definition) is 7. The van der Waals surface area contributed by atoms with Crippen LogP contribution in [-0.2, 0) is 16.0 Å². The topological polar surface area (TPSA) is 88.5 Å². The Morgan fingerprint density at radius 3 is 2.52 bits per heavy atom. The van der Waals surface area contributed by atoms with Crippen molar-refractivity contribution in [3.63, 3.8) is 0 Å². The first kappa shape index (κ1) is 31.4. The van der Waals surface area contributed by atoms with E-state index in [0.717, 1.165) is 43.8 Å². The summed E-state index contributed by atoms with van der Waals surface area (Å²) in [7, 11) is 0. The SMILES string of the molecule is CCOc1cc([C@H]2/C(=C(\O)c3ccc4c(c3)C[C@@H](C)O4)C(=O)C(=O)N2CCCN(CC)CC)ccc1OCCC(C)C. The van der Waals surface area contributed by atoms with Crippen molar-refractivity contribution in [2.24, 2.45) is 5.92 Å². The number of carbonyl (C=O) groups excluding carboxylic acids is 2. The van der Waals surface area contributed by atoms with Crippen molar-refractivity contribution in [3.05, 3.63) is 58.7 Å². The molecular weight excluding hydrogens is 532 g/mol. The van der Waals surface area contributed by atoms with Crippen molar-refractivity contribution in [2.45, 2.75) is 73.0 Å². The number of fused-ring (bicyclic) bond motifs is 1. The average molecular weight is 579 g/mol. The predicted octanol–water partition coefficient (Wildman–Crippen LogP) is 5.99. The van der Waals surface area contributed by atoms with E-state index in [1.165, 1.54) is 0 Å². The van der Waals surface area contributed by atoms with Gasteiger partial charge in [0, 0.05) is 18.5 Å². The van der Waals surface area contributed by atoms with Crippen LogP contribution in [-0.4, -0.2) is 72.1 Å². The zero-order valence-corrected chi connectivity index (χ0v) is 25.9. The third-order valence-corrected chi connectivity index (χ3v) is 8.01. The number of carbonyl (C=O) groups is 2. The van der Waals surface area contributed by atoms with Gasteiger partial charge in [-0.25, -0.2) is 0 Å². The number of aliphatic hydroxyl groups excluding tert-OH is 1. The summed E-state index contributed by atoms with van der Waals surface area (Å²) in [5.74, 6) is 0.993. The highest BCUT2D eigenvalue weighted by atomic mass is 16.5. The molecule has 1 fully saturated rings. The molecule has 0 bridgehead atoms. The molecule has 2 aliphatic rings. The second-order valence-corrected chi connectivity index (χ2v) is 11.5. The van der Waals surface area contributed by atoms with E-state index in [0.29, 0.717) is 54.7 Å². The van der Waals surface area contributed by atoms with E-state index in [2.05, 4.69) is 32.6 Å². The molecule has 2 heterocycles. The molecule has 2 atom stereocenters. The van der Waals surface area contributed by atoms with E-state index in [9.17, 15) is 14.7 Å². The van der Waals surface area contributed by atoms with Crippen molar-refractivity contribution >= 4 is 17.4 Å². The third kappa shape index (κ3) is 6.92. The summed E-state index contributed by atoms with van der Waals surface area (Å²) in [5, 5.41) is 11.6. The normalized spacial score (nSPS) is 19.5. The van der Waals surface area contributed by atoms with Crippen molar-refractivity contribution < 1.29 is 28.9 Å². The number of ketones is 1. The Balaban J connectivity index is 1.75. The minimum Gasteiger partial charge on any atom is -0.507 e. The highest BCUT2D eigenvalue weighted by Crippen LogP contribution is 2.43. The molecule has 8 nitrogen and oxygen atoms in total. The molecule has 1 saturated heterocycles. The number of ether oxygens (including phenoxy) is 3. The first-order valence-corrected chi connectivity index (χ1v) is 15.4. The van der Waals surface area contributed by atoms with E-state index in [1.807, 2.05) is 44.2 Å². The van der Waals surface area contributed by atoms with Crippen LogP contribution in [0.4, 0.5) is 0 Å². The number of rotatable bonds is 14. The second kappa shape index (κ2) is 14.1. The average Bonchev–Trinajstić information content (AvgIpc) is 3.46. The number of Topliss-reactive ketones (excluding diaryl/α,β-unsaturated/α-hetero) is 1. The van der Waals surface area contributed by atoms with Crippen LogP contribution in [0.1, 0.15) is 77.1 Å². The van der Waals surface area contributed by atoms with Crippen LogP contribution < -0.4 is 14.2 Å². The Bertz CT molecular complexity index is 1300. The van der Waals surface area contributed by atoms with Crippen LogP contribution >= 0.6 is 0 Å². The number of likely N-dealkylation sites (tertiary alicyclic amines) is 1. The van der Waals surface area contributed by atoms with Crippen molar-refractivity contribution in [2.75, 3.05) is 39.4 Å². The highest BCUT2D eigenvalue weighted by Gasteiger charge is 2.46. The number of hydrogen-bond donors (Lipinski definition) is 1. The fourth-order valence-electron chi connectivity index (χ4n) is 5.67. The minimum atomic E-state index is -0.756. The molecule has 4 rings (SSSR count). The molecule has 228 valence electrons. The first-order chi connectivity index (χ1) is 20.2. The Morgan fingerprint density at radius 2 is 1.83 bits per heavy atom. The molecule has 0 spiro atoms.